The van der Waals surface area contributed by atoms with Gasteiger partial charge >= 0.3 is 0 Å². The van der Waals surface area contributed by atoms with Crippen LogP contribution in [0.3, 0.4) is 0 Å². The average Bonchev–Trinajstić information content (AvgIpc) is 1.80. The maximum absolute atomic E-state index is 4.94. The van der Waals surface area contributed by atoms with Crippen LogP contribution in [-0.2, 0) is 12.0 Å². The summed E-state index contributed by atoms with van der Waals surface area (Å²) in [4.78, 5) is 0. The maximum atomic E-state index is 4.94. The molecule has 0 atom stereocenters. The van der Waals surface area contributed by atoms with Crippen molar-refractivity contribution in [3.8, 4) is 0 Å². The van der Waals surface area contributed by atoms with Gasteiger partial charge in [-0.05, 0) is 13.8 Å². The SMILES string of the molecule is COSOSOC(C)C. The summed E-state index contributed by atoms with van der Waals surface area (Å²) in [6, 6.07) is 0. The van der Waals surface area contributed by atoms with Gasteiger partial charge < -0.3 is 0 Å². The fraction of sp³-hybridized carbons (Fsp3) is 1.00. The van der Waals surface area contributed by atoms with E-state index >= 15 is 0 Å². The van der Waals surface area contributed by atoms with Gasteiger partial charge in [0, 0.05) is 0 Å². The summed E-state index contributed by atoms with van der Waals surface area (Å²) in [7, 11) is 1.53. The molecular formula is C4H10O3S2. The third kappa shape index (κ3) is 8.58. The number of hydrogen-bond acceptors (Lipinski definition) is 5. The van der Waals surface area contributed by atoms with E-state index in [1.54, 1.807) is 0 Å². The molecule has 3 nitrogen and oxygen atoms in total. The average molecular weight is 170 g/mol. The van der Waals surface area contributed by atoms with Crippen molar-refractivity contribution in [3.05, 3.63) is 0 Å². The predicted molar refractivity (Wildman–Crippen MR) is 39.5 cm³/mol. The summed E-state index contributed by atoms with van der Waals surface area (Å²) in [5.74, 6) is 0. The first kappa shape index (κ1) is 9.58. The van der Waals surface area contributed by atoms with Crippen LogP contribution in [0.25, 0.3) is 0 Å². The highest BCUT2D eigenvalue weighted by atomic mass is 32.3. The minimum atomic E-state index is 0.174. The third-order valence-corrected chi connectivity index (χ3v) is 1.40. The first-order chi connectivity index (χ1) is 4.27. The van der Waals surface area contributed by atoms with Crippen LogP contribution in [0.1, 0.15) is 13.8 Å². The van der Waals surface area contributed by atoms with E-state index in [4.69, 9.17) is 4.18 Å². The zero-order chi connectivity index (χ0) is 7.11. The highest BCUT2D eigenvalue weighted by Gasteiger charge is 1.94. The van der Waals surface area contributed by atoms with E-state index in [0.29, 0.717) is 0 Å². The molecule has 0 aliphatic heterocycles. The molecule has 0 fully saturated rings. The van der Waals surface area contributed by atoms with Crippen molar-refractivity contribution < 1.29 is 12.0 Å². The molecule has 0 radical (unpaired) electrons. The van der Waals surface area contributed by atoms with Crippen molar-refractivity contribution >= 4 is 24.6 Å². The molecule has 0 saturated heterocycles. The van der Waals surface area contributed by atoms with E-state index in [9.17, 15) is 0 Å². The molecule has 0 aromatic heterocycles. The van der Waals surface area contributed by atoms with Gasteiger partial charge in [0.2, 0.25) is 0 Å². The second kappa shape index (κ2) is 6.70. The Morgan fingerprint density at radius 3 is 2.33 bits per heavy atom. The van der Waals surface area contributed by atoms with Gasteiger partial charge in [-0.2, -0.15) is 3.63 Å². The Morgan fingerprint density at radius 1 is 1.22 bits per heavy atom. The quantitative estimate of drug-likeness (QED) is 0.466. The van der Waals surface area contributed by atoms with Crippen LogP contribution >= 0.6 is 24.6 Å². The van der Waals surface area contributed by atoms with Gasteiger partial charge in [0.25, 0.3) is 0 Å². The van der Waals surface area contributed by atoms with Gasteiger partial charge in [-0.3, -0.25) is 8.37 Å². The van der Waals surface area contributed by atoms with E-state index in [1.165, 1.54) is 7.11 Å². The highest BCUT2D eigenvalue weighted by Crippen LogP contribution is 2.16. The Morgan fingerprint density at radius 2 is 1.89 bits per heavy atom. The van der Waals surface area contributed by atoms with Crippen molar-refractivity contribution in [1.29, 1.82) is 0 Å². The van der Waals surface area contributed by atoms with Crippen molar-refractivity contribution in [1.82, 2.24) is 0 Å². The molecule has 0 aromatic rings. The molecule has 0 N–H and O–H groups in total. The van der Waals surface area contributed by atoms with Gasteiger partial charge in [0.15, 0.2) is 24.6 Å². The Bertz CT molecular complexity index is 59.8. The fourth-order valence-electron chi connectivity index (χ4n) is 0.134. The lowest BCUT2D eigenvalue weighted by atomic mass is 10.5. The standard InChI is InChI=1S/C4H10O3S2/c1-4(2)6-9-7-8-5-3/h4H,1-3H3. The van der Waals surface area contributed by atoms with Crippen molar-refractivity contribution in [2.45, 2.75) is 20.0 Å². The topological polar surface area (TPSA) is 27.7 Å². The Balaban J connectivity index is 2.75. The van der Waals surface area contributed by atoms with E-state index in [2.05, 4.69) is 7.81 Å². The largest absolute Gasteiger partial charge is 0.294 e. The number of rotatable bonds is 5. The molecule has 0 heterocycles. The lowest BCUT2D eigenvalue weighted by Crippen LogP contribution is -1.93. The third-order valence-electron chi connectivity index (χ3n) is 0.355. The molecule has 0 unspecified atom stereocenters. The summed E-state index contributed by atoms with van der Waals surface area (Å²) < 4.78 is 14.1. The van der Waals surface area contributed by atoms with Gasteiger partial charge in [-0.25, -0.2) is 0 Å². The zero-order valence-corrected chi connectivity index (χ0v) is 7.25. The summed E-state index contributed by atoms with van der Waals surface area (Å²) >= 11 is 1.81. The normalized spacial score (nSPS) is 10.7. The van der Waals surface area contributed by atoms with Gasteiger partial charge in [0.05, 0.1) is 13.2 Å². The van der Waals surface area contributed by atoms with Crippen LogP contribution in [0.4, 0.5) is 0 Å². The van der Waals surface area contributed by atoms with E-state index in [0.717, 1.165) is 24.6 Å². The maximum Gasteiger partial charge on any atom is 0.173 e. The fourth-order valence-corrected chi connectivity index (χ4v) is 0.732. The Hall–Kier alpha value is 0.580. The first-order valence-electron chi connectivity index (χ1n) is 2.47. The van der Waals surface area contributed by atoms with E-state index in [-0.39, 0.29) is 6.10 Å². The molecule has 5 heteroatoms. The Kier molecular flexibility index (Phi) is 7.13. The van der Waals surface area contributed by atoms with Crippen molar-refractivity contribution in [2.24, 2.45) is 0 Å². The Labute approximate surface area is 64.3 Å². The molecule has 0 aliphatic carbocycles. The lowest BCUT2D eigenvalue weighted by Gasteiger charge is -2.01. The predicted octanol–water partition coefficient (Wildman–Crippen LogP) is 2.20. The molecule has 56 valence electrons. The molecule has 9 heavy (non-hydrogen) atoms. The highest BCUT2D eigenvalue weighted by molar-refractivity contribution is 8.03. The van der Waals surface area contributed by atoms with E-state index in [1.807, 2.05) is 13.8 Å². The summed E-state index contributed by atoms with van der Waals surface area (Å²) in [5.41, 5.74) is 0. The molecule has 0 amide bonds. The molecule has 0 spiro atoms. The minimum absolute atomic E-state index is 0.174. The monoisotopic (exact) mass is 170 g/mol. The molecule has 0 aliphatic rings. The molecular weight excluding hydrogens is 160 g/mol. The van der Waals surface area contributed by atoms with Crippen LogP contribution in [0.15, 0.2) is 0 Å². The molecule has 0 aromatic carbocycles. The van der Waals surface area contributed by atoms with Crippen LogP contribution in [0, 0.1) is 0 Å². The van der Waals surface area contributed by atoms with Crippen molar-refractivity contribution in [2.75, 3.05) is 7.11 Å². The van der Waals surface area contributed by atoms with Crippen LogP contribution < -0.4 is 0 Å². The van der Waals surface area contributed by atoms with Crippen LogP contribution in [0.5, 0.6) is 0 Å². The first-order valence-corrected chi connectivity index (χ1v) is 3.80. The summed E-state index contributed by atoms with van der Waals surface area (Å²) in [5, 5.41) is 0. The van der Waals surface area contributed by atoms with Crippen LogP contribution in [-0.4, -0.2) is 13.2 Å². The number of hydrogen-bond donors (Lipinski definition) is 0. The van der Waals surface area contributed by atoms with Crippen LogP contribution in [0.2, 0.25) is 0 Å². The zero-order valence-electron chi connectivity index (χ0n) is 5.62. The second-order valence-electron chi connectivity index (χ2n) is 1.52. The van der Waals surface area contributed by atoms with Gasteiger partial charge in [-0.15, -0.1) is 0 Å². The second-order valence-corrected chi connectivity index (χ2v) is 2.86. The summed E-state index contributed by atoms with van der Waals surface area (Å²) in [6.45, 7) is 3.85. The smallest absolute Gasteiger partial charge is 0.173 e. The van der Waals surface area contributed by atoms with Gasteiger partial charge in [0.1, 0.15) is 0 Å². The molecule has 0 saturated carbocycles. The van der Waals surface area contributed by atoms with Crippen molar-refractivity contribution in [3.63, 3.8) is 0 Å². The lowest BCUT2D eigenvalue weighted by molar-refractivity contribution is 0.271. The summed E-state index contributed by atoms with van der Waals surface area (Å²) in [6.07, 6.45) is 0.174. The van der Waals surface area contributed by atoms with E-state index < -0.39 is 0 Å². The minimum Gasteiger partial charge on any atom is -0.294 e. The van der Waals surface area contributed by atoms with Gasteiger partial charge in [-0.1, -0.05) is 0 Å². The molecule has 0 bridgehead atoms. The molecule has 0 rings (SSSR count).